The third-order valence-corrected chi connectivity index (χ3v) is 6.30. The molecule has 0 bridgehead atoms. The molecule has 1 fully saturated rings. The Kier molecular flexibility index (Phi) is 5.93. The Balaban J connectivity index is 1.69. The van der Waals surface area contributed by atoms with E-state index in [2.05, 4.69) is 11.6 Å². The van der Waals surface area contributed by atoms with Crippen LogP contribution >= 0.6 is 0 Å². The molecule has 1 amide bonds. The summed E-state index contributed by atoms with van der Waals surface area (Å²) >= 11 is 0. The molecule has 8 heteroatoms. The molecular formula is C28H25N3O5. The number of rotatable bonds is 7. The number of aliphatic hydroxyl groups excluding tert-OH is 1. The maximum absolute atomic E-state index is 13.4. The summed E-state index contributed by atoms with van der Waals surface area (Å²) in [6, 6.07) is 13.5. The normalized spacial score (nSPS) is 17.2. The highest BCUT2D eigenvalue weighted by atomic mass is 16.5. The van der Waals surface area contributed by atoms with Crippen molar-refractivity contribution in [3.05, 3.63) is 107 Å². The van der Waals surface area contributed by atoms with Crippen LogP contribution < -0.4 is 4.74 Å². The Morgan fingerprint density at radius 3 is 2.75 bits per heavy atom. The van der Waals surface area contributed by atoms with E-state index in [0.717, 1.165) is 5.56 Å². The molecule has 1 aliphatic heterocycles. The number of aromatic nitrogens is 2. The second-order valence-corrected chi connectivity index (χ2v) is 8.61. The number of carbonyl (C=O) groups is 2. The van der Waals surface area contributed by atoms with Gasteiger partial charge in [0.1, 0.15) is 29.5 Å². The van der Waals surface area contributed by atoms with Crippen molar-refractivity contribution in [3.8, 4) is 5.75 Å². The van der Waals surface area contributed by atoms with Crippen molar-refractivity contribution in [1.82, 2.24) is 14.3 Å². The average molecular weight is 484 g/mol. The highest BCUT2D eigenvalue weighted by Gasteiger charge is 2.47. The first-order valence-electron chi connectivity index (χ1n) is 11.5. The predicted octanol–water partition coefficient (Wildman–Crippen LogP) is 4.73. The van der Waals surface area contributed by atoms with E-state index >= 15 is 0 Å². The van der Waals surface area contributed by atoms with Crippen LogP contribution in [-0.2, 0) is 16.1 Å². The molecule has 0 saturated carbocycles. The van der Waals surface area contributed by atoms with Crippen LogP contribution in [0, 0.1) is 13.8 Å². The van der Waals surface area contributed by atoms with Gasteiger partial charge in [-0.25, -0.2) is 4.98 Å². The van der Waals surface area contributed by atoms with E-state index in [1.54, 1.807) is 42.5 Å². The van der Waals surface area contributed by atoms with E-state index < -0.39 is 17.7 Å². The van der Waals surface area contributed by atoms with Crippen molar-refractivity contribution >= 4 is 23.1 Å². The Morgan fingerprint density at radius 2 is 2.03 bits per heavy atom. The minimum absolute atomic E-state index is 0.0309. The molecule has 1 unspecified atom stereocenters. The van der Waals surface area contributed by atoms with Crippen LogP contribution in [0.4, 0.5) is 0 Å². The molecule has 4 aromatic rings. The first kappa shape index (κ1) is 23.2. The van der Waals surface area contributed by atoms with Crippen LogP contribution in [0.5, 0.6) is 5.75 Å². The maximum Gasteiger partial charge on any atom is 0.296 e. The topological polar surface area (TPSA) is 97.3 Å². The number of ether oxygens (including phenoxy) is 1. The predicted molar refractivity (Wildman–Crippen MR) is 133 cm³/mol. The molecular weight excluding hydrogens is 458 g/mol. The van der Waals surface area contributed by atoms with E-state index in [1.165, 1.54) is 11.2 Å². The van der Waals surface area contributed by atoms with Crippen molar-refractivity contribution in [2.75, 3.05) is 6.61 Å². The summed E-state index contributed by atoms with van der Waals surface area (Å²) in [5, 5.41) is 11.5. The molecule has 1 aliphatic rings. The molecule has 1 N–H and O–H groups in total. The lowest BCUT2D eigenvalue weighted by molar-refractivity contribution is -0.140. The number of imidazole rings is 1. The van der Waals surface area contributed by atoms with Crippen LogP contribution in [0.25, 0.3) is 11.4 Å². The third-order valence-electron chi connectivity index (χ3n) is 6.30. The Morgan fingerprint density at radius 1 is 1.19 bits per heavy atom. The summed E-state index contributed by atoms with van der Waals surface area (Å²) in [7, 11) is 0. The SMILES string of the molecule is C=CCOc1cccc(C2/C(=C(\O)c3nc4c(C)cccn4c3C)C(=O)C(=O)N2Cc2ccco2)c1. The van der Waals surface area contributed by atoms with Gasteiger partial charge in [-0.3, -0.25) is 9.59 Å². The number of aryl methyl sites for hydroxylation is 2. The van der Waals surface area contributed by atoms with Crippen molar-refractivity contribution in [3.63, 3.8) is 0 Å². The minimum atomic E-state index is -0.868. The lowest BCUT2D eigenvalue weighted by Gasteiger charge is -2.24. The van der Waals surface area contributed by atoms with Gasteiger partial charge in [-0.05, 0) is 55.3 Å². The molecule has 1 saturated heterocycles. The van der Waals surface area contributed by atoms with Gasteiger partial charge in [0.05, 0.1) is 30.1 Å². The van der Waals surface area contributed by atoms with Gasteiger partial charge in [0, 0.05) is 6.20 Å². The number of hydrogen-bond acceptors (Lipinski definition) is 6. The molecule has 4 heterocycles. The fourth-order valence-corrected chi connectivity index (χ4v) is 4.56. The van der Waals surface area contributed by atoms with Crippen molar-refractivity contribution in [1.29, 1.82) is 0 Å². The molecule has 5 rings (SSSR count). The van der Waals surface area contributed by atoms with Gasteiger partial charge in [-0.2, -0.15) is 0 Å². The monoisotopic (exact) mass is 483 g/mol. The largest absolute Gasteiger partial charge is 0.505 e. The van der Waals surface area contributed by atoms with Crippen molar-refractivity contribution in [2.45, 2.75) is 26.4 Å². The Bertz CT molecular complexity index is 1510. The van der Waals surface area contributed by atoms with Gasteiger partial charge in [-0.15, -0.1) is 0 Å². The summed E-state index contributed by atoms with van der Waals surface area (Å²) < 4.78 is 13.0. The summed E-state index contributed by atoms with van der Waals surface area (Å²) in [4.78, 5) is 32.6. The zero-order valence-corrected chi connectivity index (χ0v) is 20.0. The standard InChI is InChI=1S/C28H25N3O5/c1-4-13-35-20-10-5-9-19(15-20)24-22(26(33)28(34)31(24)16-21-11-7-14-36-21)25(32)23-18(3)30-12-6-8-17(2)27(30)29-23/h4-12,14-15,24,32H,1,13,16H2,2-3H3/b25-22+. The van der Waals surface area contributed by atoms with E-state index in [-0.39, 0.29) is 23.6 Å². The number of pyridine rings is 1. The van der Waals surface area contributed by atoms with Gasteiger partial charge in [0.15, 0.2) is 5.76 Å². The lowest BCUT2D eigenvalue weighted by atomic mass is 9.96. The molecule has 182 valence electrons. The molecule has 36 heavy (non-hydrogen) atoms. The van der Waals surface area contributed by atoms with Crippen LogP contribution in [0.2, 0.25) is 0 Å². The van der Waals surface area contributed by atoms with Crippen LogP contribution in [0.3, 0.4) is 0 Å². The second-order valence-electron chi connectivity index (χ2n) is 8.61. The number of fused-ring (bicyclic) bond motifs is 1. The van der Waals surface area contributed by atoms with Gasteiger partial charge < -0.3 is 23.6 Å². The highest BCUT2D eigenvalue weighted by molar-refractivity contribution is 6.46. The minimum Gasteiger partial charge on any atom is -0.505 e. The maximum atomic E-state index is 13.4. The van der Waals surface area contributed by atoms with E-state index in [9.17, 15) is 14.7 Å². The summed E-state index contributed by atoms with van der Waals surface area (Å²) in [6.07, 6.45) is 4.98. The van der Waals surface area contributed by atoms with Crippen LogP contribution in [0.1, 0.15) is 34.3 Å². The van der Waals surface area contributed by atoms with E-state index in [0.29, 0.717) is 35.0 Å². The molecule has 1 atom stereocenters. The molecule has 0 radical (unpaired) electrons. The van der Waals surface area contributed by atoms with Gasteiger partial charge in [0.25, 0.3) is 11.7 Å². The molecule has 8 nitrogen and oxygen atoms in total. The number of Topliss-reactive ketones (excluding diaryl/α,β-unsaturated/α-hetero) is 1. The van der Waals surface area contributed by atoms with E-state index in [4.69, 9.17) is 9.15 Å². The quantitative estimate of drug-likeness (QED) is 0.177. The number of nitrogens with zero attached hydrogens (tertiary/aromatic N) is 3. The molecule has 3 aromatic heterocycles. The summed E-state index contributed by atoms with van der Waals surface area (Å²) in [6.45, 7) is 7.76. The van der Waals surface area contributed by atoms with Gasteiger partial charge in [-0.1, -0.05) is 30.9 Å². The van der Waals surface area contributed by atoms with Crippen LogP contribution in [-0.4, -0.2) is 37.7 Å². The number of benzene rings is 1. The second kappa shape index (κ2) is 9.22. The number of carbonyl (C=O) groups excluding carboxylic acids is 2. The van der Waals surface area contributed by atoms with Crippen LogP contribution in [0.15, 0.2) is 83.6 Å². The fraction of sp³-hybridized carbons (Fsp3) is 0.179. The van der Waals surface area contributed by atoms with Crippen molar-refractivity contribution < 1.29 is 23.8 Å². The van der Waals surface area contributed by atoms with Gasteiger partial charge in [0.2, 0.25) is 0 Å². The number of furan rings is 1. The van der Waals surface area contributed by atoms with Crippen molar-refractivity contribution in [2.24, 2.45) is 0 Å². The Hall–Kier alpha value is -4.59. The Labute approximate surface area is 207 Å². The molecule has 0 spiro atoms. The number of likely N-dealkylation sites (tertiary alicyclic amines) is 1. The highest BCUT2D eigenvalue weighted by Crippen LogP contribution is 2.41. The third kappa shape index (κ3) is 3.86. The number of amides is 1. The molecule has 1 aromatic carbocycles. The first-order valence-corrected chi connectivity index (χ1v) is 11.5. The molecule has 0 aliphatic carbocycles. The summed E-state index contributed by atoms with van der Waals surface area (Å²) in [5.74, 6) is -0.767. The van der Waals surface area contributed by atoms with E-state index in [1.807, 2.05) is 36.6 Å². The number of hydrogen-bond donors (Lipinski definition) is 1. The fourth-order valence-electron chi connectivity index (χ4n) is 4.56. The average Bonchev–Trinajstić information content (AvgIpc) is 3.58. The first-order chi connectivity index (χ1) is 17.4. The number of aliphatic hydroxyl groups is 1. The smallest absolute Gasteiger partial charge is 0.296 e. The zero-order chi connectivity index (χ0) is 25.4. The summed E-state index contributed by atoms with van der Waals surface area (Å²) in [5.41, 5.74) is 3.08. The number of ketones is 1. The lowest BCUT2D eigenvalue weighted by Crippen LogP contribution is -2.29. The van der Waals surface area contributed by atoms with Gasteiger partial charge >= 0.3 is 0 Å². The zero-order valence-electron chi connectivity index (χ0n) is 20.0.